The van der Waals surface area contributed by atoms with Crippen LogP contribution in [0.2, 0.25) is 0 Å². The zero-order chi connectivity index (χ0) is 12.3. The molecule has 0 aromatic rings. The van der Waals surface area contributed by atoms with Crippen LogP contribution in [0.5, 0.6) is 0 Å². The maximum atomic E-state index is 11.7. The van der Waals surface area contributed by atoms with Crippen LogP contribution in [0.3, 0.4) is 0 Å². The highest BCUT2D eigenvalue weighted by Gasteiger charge is 2.61. The Morgan fingerprint density at radius 3 is 1.93 bits per heavy atom. The van der Waals surface area contributed by atoms with Crippen LogP contribution < -0.4 is 0 Å². The van der Waals surface area contributed by atoms with Gasteiger partial charge in [-0.05, 0) is 13.8 Å². The summed E-state index contributed by atoms with van der Waals surface area (Å²) in [6.45, 7) is 0.790. The first kappa shape index (κ1) is 13.8. The molecule has 3 N–H and O–H groups in total. The Labute approximate surface area is 85.9 Å². The van der Waals surface area contributed by atoms with E-state index in [4.69, 9.17) is 15.3 Å². The average molecular weight is 221 g/mol. The van der Waals surface area contributed by atoms with Crippen LogP contribution in [0.15, 0.2) is 0 Å². The van der Waals surface area contributed by atoms with E-state index in [-0.39, 0.29) is 6.61 Å². The highest BCUT2D eigenvalue weighted by Crippen LogP contribution is 2.33. The fourth-order valence-electron chi connectivity index (χ4n) is 0.973. The maximum absolute atomic E-state index is 11.7. The second-order valence-electron chi connectivity index (χ2n) is 3.15. The molecule has 0 aromatic heterocycles. The van der Waals surface area contributed by atoms with Crippen molar-refractivity contribution in [3.05, 3.63) is 0 Å². The number of carboxylic acid groups (broad SMARTS) is 2. The molecule has 0 heterocycles. The molecule has 0 saturated heterocycles. The molecule has 1 radical (unpaired) electrons. The second-order valence-corrected chi connectivity index (χ2v) is 3.15. The summed E-state index contributed by atoms with van der Waals surface area (Å²) in [6.07, 6.45) is 0. The number of aliphatic carboxylic acids is 2. The lowest BCUT2D eigenvalue weighted by Gasteiger charge is -2.34. The third kappa shape index (κ3) is 2.09. The van der Waals surface area contributed by atoms with Gasteiger partial charge in [0.1, 0.15) is 0 Å². The zero-order valence-corrected chi connectivity index (χ0v) is 8.39. The minimum atomic E-state index is -3.21. The van der Waals surface area contributed by atoms with Crippen molar-refractivity contribution in [3.8, 4) is 0 Å². The number of hydrogen-bond acceptors (Lipinski definition) is 4. The number of hydrogen-bond donors (Lipinski definition) is 3. The lowest BCUT2D eigenvalue weighted by atomic mass is 9.81. The molecule has 2 unspecified atom stereocenters. The second kappa shape index (κ2) is 4.56. The topological polar surface area (TPSA) is 124 Å². The van der Waals surface area contributed by atoms with Crippen molar-refractivity contribution in [3.63, 3.8) is 0 Å². The van der Waals surface area contributed by atoms with Gasteiger partial charge in [0.25, 0.3) is 0 Å². The summed E-state index contributed by atoms with van der Waals surface area (Å²) in [5.74, 6) is -6.90. The van der Waals surface area contributed by atoms with Crippen LogP contribution >= 0.6 is 0 Å². The Balaban J connectivity index is 5.39. The predicted molar refractivity (Wildman–Crippen MR) is 45.5 cm³/mol. The molecule has 0 aliphatic carbocycles. The van der Waals surface area contributed by atoms with Gasteiger partial charge in [0, 0.05) is 6.61 Å². The van der Waals surface area contributed by atoms with Gasteiger partial charge in [0.15, 0.2) is 5.41 Å². The van der Waals surface area contributed by atoms with E-state index in [2.05, 4.69) is 4.74 Å². The minimum absolute atomic E-state index is 0.265. The van der Waals surface area contributed by atoms with Crippen LogP contribution in [0, 0.1) is 5.41 Å². The number of rotatable bonds is 6. The largest absolute Gasteiger partial charge is 0.481 e. The van der Waals surface area contributed by atoms with E-state index in [1.165, 1.54) is 6.92 Å². The molecule has 15 heavy (non-hydrogen) atoms. The summed E-state index contributed by atoms with van der Waals surface area (Å²) in [5, 5.41) is 38.0. The summed E-state index contributed by atoms with van der Waals surface area (Å²) >= 11 is 0. The van der Waals surface area contributed by atoms with Gasteiger partial charge in [-0.15, -0.1) is 0 Å². The molecular formula is C8H13O7. The Kier molecular flexibility index (Phi) is 4.20. The molecule has 0 rings (SSSR count). The first-order valence-electron chi connectivity index (χ1n) is 4.18. The molecule has 0 aliphatic rings. The van der Waals surface area contributed by atoms with E-state index in [0.717, 1.165) is 6.92 Å². The molecule has 0 spiro atoms. The number of ether oxygens (including phenoxy) is 1. The van der Waals surface area contributed by atoms with E-state index in [1.54, 1.807) is 0 Å². The molecule has 0 saturated carbocycles. The lowest BCUT2D eigenvalue weighted by Crippen LogP contribution is -2.59. The number of aliphatic hydroxyl groups is 1. The number of carboxylic acids is 2. The van der Waals surface area contributed by atoms with Crippen LogP contribution in [-0.2, 0) is 19.4 Å². The maximum Gasteiger partial charge on any atom is 0.368 e. The number of aliphatic hydroxyl groups excluding tert-OH is 1. The van der Waals surface area contributed by atoms with Crippen LogP contribution in [0.4, 0.5) is 0 Å². The molecule has 0 amide bonds. The Bertz CT molecular complexity index is 264. The fraction of sp³-hybridized carbons (Fsp3) is 0.750. The Morgan fingerprint density at radius 2 is 1.73 bits per heavy atom. The average Bonchev–Trinajstić information content (AvgIpc) is 2.15. The first-order valence-corrected chi connectivity index (χ1v) is 4.18. The van der Waals surface area contributed by atoms with Crippen LogP contribution in [-0.4, -0.2) is 46.3 Å². The standard InChI is InChI=1S/C8H13O7/c1-3-15-8(14,6(12)13)7(2,4-9)5(10)11/h9H,3-4H2,1-2H3,(H,10,11)(H,12,13). The smallest absolute Gasteiger partial charge is 0.368 e. The van der Waals surface area contributed by atoms with Crippen LogP contribution in [0.25, 0.3) is 0 Å². The molecule has 0 aromatic carbocycles. The highest BCUT2D eigenvalue weighted by atomic mass is 16.6. The van der Waals surface area contributed by atoms with Gasteiger partial charge in [-0.1, -0.05) is 0 Å². The van der Waals surface area contributed by atoms with Crippen LogP contribution in [0.1, 0.15) is 13.8 Å². The third-order valence-electron chi connectivity index (χ3n) is 2.14. The van der Waals surface area contributed by atoms with E-state index < -0.39 is 29.7 Å². The van der Waals surface area contributed by atoms with Gasteiger partial charge in [-0.2, -0.15) is 5.11 Å². The molecule has 0 fully saturated rings. The molecule has 2 atom stereocenters. The highest BCUT2D eigenvalue weighted by molar-refractivity contribution is 5.87. The summed E-state index contributed by atoms with van der Waals surface area (Å²) in [4.78, 5) is 21.5. The molecular weight excluding hydrogens is 208 g/mol. The van der Waals surface area contributed by atoms with E-state index in [0.29, 0.717) is 0 Å². The van der Waals surface area contributed by atoms with Gasteiger partial charge >= 0.3 is 17.7 Å². The van der Waals surface area contributed by atoms with Gasteiger partial charge in [0.2, 0.25) is 0 Å². The minimum Gasteiger partial charge on any atom is -0.481 e. The predicted octanol–water partition coefficient (Wildman–Crippen LogP) is -0.682. The van der Waals surface area contributed by atoms with Crippen molar-refractivity contribution in [2.24, 2.45) is 5.41 Å². The molecule has 7 heteroatoms. The third-order valence-corrected chi connectivity index (χ3v) is 2.14. The Hall–Kier alpha value is -1.18. The summed E-state index contributed by atoms with van der Waals surface area (Å²) in [6, 6.07) is 0. The van der Waals surface area contributed by atoms with Crippen molar-refractivity contribution in [1.82, 2.24) is 0 Å². The molecule has 0 aliphatic heterocycles. The summed E-state index contributed by atoms with van der Waals surface area (Å²) < 4.78 is 4.41. The van der Waals surface area contributed by atoms with Gasteiger partial charge in [-0.25, -0.2) is 4.79 Å². The van der Waals surface area contributed by atoms with Gasteiger partial charge in [0.05, 0.1) is 6.61 Å². The summed E-state index contributed by atoms with van der Waals surface area (Å²) in [7, 11) is 0. The number of carbonyl (C=O) groups is 2. The molecule has 7 nitrogen and oxygen atoms in total. The van der Waals surface area contributed by atoms with E-state index in [1.807, 2.05) is 0 Å². The fourth-order valence-corrected chi connectivity index (χ4v) is 0.973. The lowest BCUT2D eigenvalue weighted by molar-refractivity contribution is -0.295. The quantitative estimate of drug-likeness (QED) is 0.510. The Morgan fingerprint density at radius 1 is 1.27 bits per heavy atom. The molecule has 0 bridgehead atoms. The summed E-state index contributed by atoms with van der Waals surface area (Å²) in [5.41, 5.74) is -2.44. The van der Waals surface area contributed by atoms with Gasteiger partial charge in [-0.3, -0.25) is 4.79 Å². The monoisotopic (exact) mass is 221 g/mol. The van der Waals surface area contributed by atoms with E-state index >= 15 is 0 Å². The van der Waals surface area contributed by atoms with Crippen molar-refractivity contribution < 1.29 is 34.8 Å². The zero-order valence-electron chi connectivity index (χ0n) is 8.39. The first-order chi connectivity index (χ1) is 6.76. The van der Waals surface area contributed by atoms with Gasteiger partial charge < -0.3 is 20.1 Å². The SMILES string of the molecule is CCOC([O])(C(=O)O)C(C)(CO)C(=O)O. The van der Waals surface area contributed by atoms with E-state index in [9.17, 15) is 14.7 Å². The molecule has 87 valence electrons. The van der Waals surface area contributed by atoms with Crippen molar-refractivity contribution in [2.45, 2.75) is 19.6 Å². The van der Waals surface area contributed by atoms with Crippen molar-refractivity contribution >= 4 is 11.9 Å². The van der Waals surface area contributed by atoms with Crippen molar-refractivity contribution in [1.29, 1.82) is 0 Å². The van der Waals surface area contributed by atoms with Crippen molar-refractivity contribution in [2.75, 3.05) is 13.2 Å². The normalized spacial score (nSPS) is 18.9.